The van der Waals surface area contributed by atoms with E-state index in [9.17, 15) is 0 Å². The largest absolute Gasteiger partial charge is 0.491 e. The average molecular weight is 555 g/mol. The third-order valence-electron chi connectivity index (χ3n) is 7.52. The van der Waals surface area contributed by atoms with E-state index in [2.05, 4.69) is 109 Å². The van der Waals surface area contributed by atoms with Crippen molar-refractivity contribution < 1.29 is 18.9 Å². The number of hydrogen-bond donors (Lipinski definition) is 0. The molecule has 0 saturated carbocycles. The first-order chi connectivity index (χ1) is 20.8. The third-order valence-corrected chi connectivity index (χ3v) is 7.52. The molecule has 0 aromatic heterocycles. The van der Waals surface area contributed by atoms with Crippen LogP contribution in [0.2, 0.25) is 0 Å². The molecular weight excluding hydrogens is 520 g/mol. The molecule has 0 spiro atoms. The Morgan fingerprint density at radius 2 is 0.833 bits per heavy atom. The van der Waals surface area contributed by atoms with Gasteiger partial charge < -0.3 is 18.9 Å². The molecule has 0 amide bonds. The van der Waals surface area contributed by atoms with Crippen molar-refractivity contribution in [1.29, 1.82) is 0 Å². The molecular formula is C38H34O4. The second-order valence-electron chi connectivity index (χ2n) is 10.2. The Bertz CT molecular complexity index is 1660. The van der Waals surface area contributed by atoms with Gasteiger partial charge in [-0.05, 0) is 68.1 Å². The van der Waals surface area contributed by atoms with Gasteiger partial charge in [-0.2, -0.15) is 0 Å². The van der Waals surface area contributed by atoms with E-state index in [1.165, 1.54) is 22.3 Å². The first-order valence-electron chi connectivity index (χ1n) is 14.2. The summed E-state index contributed by atoms with van der Waals surface area (Å²) in [7, 11) is 3.37. The van der Waals surface area contributed by atoms with E-state index in [0.717, 1.165) is 44.2 Å². The number of hydrogen-bond acceptors (Lipinski definition) is 4. The van der Waals surface area contributed by atoms with Crippen LogP contribution in [0.1, 0.15) is 0 Å². The standard InChI is InChI=1S/C38H34O4/c1-39-21-23-41-35-19-15-31-25-29(27-9-5-3-6-10-27)13-17-33(31)37(35)38-34-18-14-30(28-11-7-4-8-12-28)26-32(34)16-20-36(38)42-24-22-40-2/h3-20,25-26H,21-24H2,1-2H3. The summed E-state index contributed by atoms with van der Waals surface area (Å²) in [5.74, 6) is 1.59. The van der Waals surface area contributed by atoms with Crippen LogP contribution < -0.4 is 9.47 Å². The summed E-state index contributed by atoms with van der Waals surface area (Å²) in [6.07, 6.45) is 0. The van der Waals surface area contributed by atoms with Crippen LogP contribution in [-0.2, 0) is 9.47 Å². The lowest BCUT2D eigenvalue weighted by Gasteiger charge is -2.20. The Labute approximate surface area is 247 Å². The zero-order valence-corrected chi connectivity index (χ0v) is 24.0. The lowest BCUT2D eigenvalue weighted by atomic mass is 9.90. The van der Waals surface area contributed by atoms with Gasteiger partial charge in [0, 0.05) is 25.3 Å². The predicted molar refractivity (Wildman–Crippen MR) is 173 cm³/mol. The highest BCUT2D eigenvalue weighted by atomic mass is 16.5. The van der Waals surface area contributed by atoms with E-state index in [1.54, 1.807) is 14.2 Å². The first kappa shape index (κ1) is 27.5. The van der Waals surface area contributed by atoms with Crippen molar-refractivity contribution in [2.75, 3.05) is 40.6 Å². The Morgan fingerprint density at radius 3 is 1.24 bits per heavy atom. The molecule has 0 atom stereocenters. The Hall–Kier alpha value is -4.64. The van der Waals surface area contributed by atoms with Crippen molar-refractivity contribution in [1.82, 2.24) is 0 Å². The Balaban J connectivity index is 1.58. The summed E-state index contributed by atoms with van der Waals surface area (Å²) in [6.45, 7) is 1.88. The van der Waals surface area contributed by atoms with Gasteiger partial charge in [-0.3, -0.25) is 0 Å². The smallest absolute Gasteiger partial charge is 0.128 e. The highest BCUT2D eigenvalue weighted by molar-refractivity contribution is 6.11. The minimum atomic E-state index is 0.444. The van der Waals surface area contributed by atoms with E-state index in [1.807, 2.05) is 12.1 Å². The van der Waals surface area contributed by atoms with Gasteiger partial charge in [-0.25, -0.2) is 0 Å². The van der Waals surface area contributed by atoms with Crippen molar-refractivity contribution in [2.24, 2.45) is 0 Å². The third kappa shape index (κ3) is 5.73. The maximum atomic E-state index is 6.37. The van der Waals surface area contributed by atoms with E-state index < -0.39 is 0 Å². The van der Waals surface area contributed by atoms with Crippen LogP contribution in [-0.4, -0.2) is 40.6 Å². The molecule has 0 unspecified atom stereocenters. The van der Waals surface area contributed by atoms with Crippen LogP contribution >= 0.6 is 0 Å². The molecule has 0 saturated heterocycles. The zero-order valence-electron chi connectivity index (χ0n) is 24.0. The number of fused-ring (bicyclic) bond motifs is 2. The number of rotatable bonds is 11. The van der Waals surface area contributed by atoms with Gasteiger partial charge in [0.05, 0.1) is 13.2 Å². The number of benzene rings is 6. The van der Waals surface area contributed by atoms with Crippen molar-refractivity contribution in [3.63, 3.8) is 0 Å². The molecule has 6 aromatic carbocycles. The quantitative estimate of drug-likeness (QED) is 0.150. The van der Waals surface area contributed by atoms with Gasteiger partial charge in [0.25, 0.3) is 0 Å². The molecule has 42 heavy (non-hydrogen) atoms. The molecule has 6 rings (SSSR count). The van der Waals surface area contributed by atoms with Crippen molar-refractivity contribution in [2.45, 2.75) is 0 Å². The molecule has 0 radical (unpaired) electrons. The highest BCUT2D eigenvalue weighted by Crippen LogP contribution is 2.46. The zero-order chi connectivity index (χ0) is 28.7. The topological polar surface area (TPSA) is 36.9 Å². The van der Waals surface area contributed by atoms with Gasteiger partial charge >= 0.3 is 0 Å². The molecule has 6 aromatic rings. The fourth-order valence-electron chi connectivity index (χ4n) is 5.47. The summed E-state index contributed by atoms with van der Waals surface area (Å²) < 4.78 is 23.4. The fraction of sp³-hybridized carbons (Fsp3) is 0.158. The van der Waals surface area contributed by atoms with Crippen molar-refractivity contribution in [3.8, 4) is 44.9 Å². The molecule has 0 aliphatic carbocycles. The Kier molecular flexibility index (Phi) is 8.46. The molecule has 0 aliphatic rings. The van der Waals surface area contributed by atoms with E-state index in [4.69, 9.17) is 18.9 Å². The second-order valence-corrected chi connectivity index (χ2v) is 10.2. The lowest BCUT2D eigenvalue weighted by Crippen LogP contribution is -2.07. The van der Waals surface area contributed by atoms with Crippen LogP contribution in [0.15, 0.2) is 121 Å². The summed E-state index contributed by atoms with van der Waals surface area (Å²) in [4.78, 5) is 0. The fourth-order valence-corrected chi connectivity index (χ4v) is 5.47. The minimum absolute atomic E-state index is 0.444. The molecule has 0 aliphatic heterocycles. The molecule has 210 valence electrons. The summed E-state index contributed by atoms with van der Waals surface area (Å²) in [5, 5.41) is 4.46. The van der Waals surface area contributed by atoms with Gasteiger partial charge in [-0.15, -0.1) is 0 Å². The maximum absolute atomic E-state index is 6.37. The molecule has 0 heterocycles. The van der Waals surface area contributed by atoms with Crippen LogP contribution in [0.5, 0.6) is 11.5 Å². The summed E-state index contributed by atoms with van der Waals surface area (Å²) in [6, 6.07) is 42.6. The summed E-state index contributed by atoms with van der Waals surface area (Å²) >= 11 is 0. The molecule has 0 N–H and O–H groups in total. The van der Waals surface area contributed by atoms with Crippen molar-refractivity contribution in [3.05, 3.63) is 121 Å². The van der Waals surface area contributed by atoms with Crippen molar-refractivity contribution >= 4 is 21.5 Å². The molecule has 0 bridgehead atoms. The first-order valence-corrected chi connectivity index (χ1v) is 14.2. The second kappa shape index (κ2) is 12.9. The summed E-state index contributed by atoms with van der Waals surface area (Å²) in [5.41, 5.74) is 6.72. The average Bonchev–Trinajstić information content (AvgIpc) is 3.05. The number of ether oxygens (including phenoxy) is 4. The van der Waals surface area contributed by atoms with Crippen LogP contribution in [0.4, 0.5) is 0 Å². The van der Waals surface area contributed by atoms with Gasteiger partial charge in [0.15, 0.2) is 0 Å². The number of methoxy groups -OCH3 is 2. The van der Waals surface area contributed by atoms with Crippen LogP contribution in [0, 0.1) is 0 Å². The minimum Gasteiger partial charge on any atom is -0.491 e. The van der Waals surface area contributed by atoms with E-state index in [-0.39, 0.29) is 0 Å². The monoisotopic (exact) mass is 554 g/mol. The highest BCUT2D eigenvalue weighted by Gasteiger charge is 2.20. The van der Waals surface area contributed by atoms with Crippen LogP contribution in [0.3, 0.4) is 0 Å². The predicted octanol–water partition coefficient (Wildman–Crippen LogP) is 9.04. The van der Waals surface area contributed by atoms with Gasteiger partial charge in [0.1, 0.15) is 24.7 Å². The maximum Gasteiger partial charge on any atom is 0.128 e. The molecule has 0 fully saturated rings. The SMILES string of the molecule is COCCOc1ccc2cc(-c3ccccc3)ccc2c1-c1c(OCCOC)ccc2cc(-c3ccccc3)ccc12. The van der Waals surface area contributed by atoms with E-state index in [0.29, 0.717) is 26.4 Å². The normalized spacial score (nSPS) is 11.2. The molecule has 4 nitrogen and oxygen atoms in total. The van der Waals surface area contributed by atoms with Crippen LogP contribution in [0.25, 0.3) is 54.9 Å². The van der Waals surface area contributed by atoms with E-state index >= 15 is 0 Å². The van der Waals surface area contributed by atoms with Gasteiger partial charge in [-0.1, -0.05) is 97.1 Å². The lowest BCUT2D eigenvalue weighted by molar-refractivity contribution is 0.146. The van der Waals surface area contributed by atoms with Gasteiger partial charge in [0.2, 0.25) is 0 Å². The molecule has 4 heteroatoms. The Morgan fingerprint density at radius 1 is 0.405 bits per heavy atom.